The third-order valence-electron chi connectivity index (χ3n) is 3.81. The summed E-state index contributed by atoms with van der Waals surface area (Å²) in [6.07, 6.45) is 1.02. The lowest BCUT2D eigenvalue weighted by Gasteiger charge is -2.20. The third-order valence-corrected chi connectivity index (χ3v) is 4.09. The van der Waals surface area contributed by atoms with E-state index in [2.05, 4.69) is 5.32 Å². The molecule has 118 valence electrons. The molecular weight excluding hydrogens is 310 g/mol. The van der Waals surface area contributed by atoms with Gasteiger partial charge >= 0.3 is 5.97 Å². The number of benzene rings is 1. The molecule has 2 N–H and O–H groups in total. The van der Waals surface area contributed by atoms with Crippen molar-refractivity contribution in [3.8, 4) is 11.5 Å². The molecule has 1 aliphatic heterocycles. The number of carbonyl (C=O) groups excluding carboxylic acids is 1. The van der Waals surface area contributed by atoms with Crippen molar-refractivity contribution >= 4 is 23.5 Å². The molecule has 0 saturated heterocycles. The molecule has 1 amide bonds. The van der Waals surface area contributed by atoms with E-state index in [4.69, 9.17) is 26.2 Å². The van der Waals surface area contributed by atoms with Gasteiger partial charge in [0.25, 0.3) is 0 Å². The first-order chi connectivity index (χ1) is 10.6. The first-order valence-electron chi connectivity index (χ1n) is 7.15. The van der Waals surface area contributed by atoms with E-state index in [1.54, 1.807) is 6.07 Å². The van der Waals surface area contributed by atoms with Crippen LogP contribution in [0.25, 0.3) is 0 Å². The van der Waals surface area contributed by atoms with Crippen LogP contribution in [0.1, 0.15) is 12.0 Å². The van der Waals surface area contributed by atoms with Gasteiger partial charge in [-0.15, -0.1) is 0 Å². The minimum atomic E-state index is -0.904. The van der Waals surface area contributed by atoms with E-state index in [0.29, 0.717) is 49.1 Å². The van der Waals surface area contributed by atoms with Gasteiger partial charge < -0.3 is 19.9 Å². The molecule has 0 bridgehead atoms. The van der Waals surface area contributed by atoms with Crippen molar-refractivity contribution in [1.29, 1.82) is 0 Å². The van der Waals surface area contributed by atoms with Gasteiger partial charge in [-0.25, -0.2) is 0 Å². The first kappa shape index (κ1) is 15.0. The van der Waals surface area contributed by atoms with E-state index in [1.807, 2.05) is 6.07 Å². The highest BCUT2D eigenvalue weighted by Crippen LogP contribution is 2.39. The Balaban J connectivity index is 1.53. The molecule has 0 radical (unpaired) electrons. The molecular formula is C15H16ClNO5. The number of rotatable bonds is 5. The minimum Gasteiger partial charge on any atom is -0.486 e. The number of carboxylic acids is 1. The van der Waals surface area contributed by atoms with E-state index in [0.717, 1.165) is 5.56 Å². The quantitative estimate of drug-likeness (QED) is 0.856. The second-order valence-electron chi connectivity index (χ2n) is 5.43. The molecule has 1 heterocycles. The Morgan fingerprint density at radius 3 is 2.77 bits per heavy atom. The maximum Gasteiger partial charge on any atom is 0.307 e. The molecule has 1 saturated carbocycles. The number of hydrogen-bond donors (Lipinski definition) is 2. The predicted molar refractivity (Wildman–Crippen MR) is 78.4 cm³/mol. The summed E-state index contributed by atoms with van der Waals surface area (Å²) in [5.41, 5.74) is 0.931. The maximum atomic E-state index is 11.8. The fourth-order valence-electron chi connectivity index (χ4n) is 2.53. The molecule has 0 spiro atoms. The third kappa shape index (κ3) is 3.11. The summed E-state index contributed by atoms with van der Waals surface area (Å²) in [6, 6.07) is 3.64. The van der Waals surface area contributed by atoms with Crippen molar-refractivity contribution in [3.63, 3.8) is 0 Å². The Morgan fingerprint density at radius 2 is 2.05 bits per heavy atom. The van der Waals surface area contributed by atoms with Crippen molar-refractivity contribution < 1.29 is 24.2 Å². The lowest BCUT2D eigenvalue weighted by Crippen LogP contribution is -2.28. The number of aliphatic carboxylic acids is 1. The second kappa shape index (κ2) is 6.04. The zero-order valence-electron chi connectivity index (χ0n) is 11.8. The zero-order valence-corrected chi connectivity index (χ0v) is 12.6. The summed E-state index contributed by atoms with van der Waals surface area (Å²) in [5, 5.41) is 12.1. The summed E-state index contributed by atoms with van der Waals surface area (Å²) < 4.78 is 10.9. The van der Waals surface area contributed by atoms with Crippen LogP contribution in [0.3, 0.4) is 0 Å². The molecule has 1 aliphatic carbocycles. The van der Waals surface area contributed by atoms with Crippen LogP contribution in [-0.2, 0) is 16.0 Å². The standard InChI is InChI=1S/C15H16ClNO5/c16-11-5-8(6-12-13(11)22-4-3-21-12)1-2-17-14(18)9-7-10(9)15(19)20/h5-6,9-10H,1-4,7H2,(H,17,18)(H,19,20)/t9-,10+/m1/s1. The Morgan fingerprint density at radius 1 is 1.27 bits per heavy atom. The van der Waals surface area contributed by atoms with E-state index < -0.39 is 11.9 Å². The van der Waals surface area contributed by atoms with Gasteiger partial charge in [0.1, 0.15) is 13.2 Å². The highest BCUT2D eigenvalue weighted by atomic mass is 35.5. The Hall–Kier alpha value is -1.95. The van der Waals surface area contributed by atoms with E-state index >= 15 is 0 Å². The van der Waals surface area contributed by atoms with Crippen molar-refractivity contribution in [1.82, 2.24) is 5.32 Å². The number of carboxylic acid groups (broad SMARTS) is 1. The zero-order chi connectivity index (χ0) is 15.7. The van der Waals surface area contributed by atoms with E-state index in [9.17, 15) is 9.59 Å². The van der Waals surface area contributed by atoms with Gasteiger partial charge in [-0.2, -0.15) is 0 Å². The second-order valence-corrected chi connectivity index (χ2v) is 5.84. The van der Waals surface area contributed by atoms with Crippen LogP contribution in [0, 0.1) is 11.8 Å². The van der Waals surface area contributed by atoms with Crippen LogP contribution >= 0.6 is 11.6 Å². The monoisotopic (exact) mass is 325 g/mol. The van der Waals surface area contributed by atoms with Crippen molar-refractivity contribution in [3.05, 3.63) is 22.7 Å². The van der Waals surface area contributed by atoms with Gasteiger partial charge in [0.05, 0.1) is 16.9 Å². The number of ether oxygens (including phenoxy) is 2. The highest BCUT2D eigenvalue weighted by Gasteiger charge is 2.48. The molecule has 1 aromatic carbocycles. The molecule has 2 aliphatic rings. The molecule has 3 rings (SSSR count). The lowest BCUT2D eigenvalue weighted by atomic mass is 10.1. The summed E-state index contributed by atoms with van der Waals surface area (Å²) in [6.45, 7) is 1.40. The van der Waals surface area contributed by atoms with Crippen LogP contribution in [-0.4, -0.2) is 36.7 Å². The van der Waals surface area contributed by atoms with Gasteiger partial charge in [0.15, 0.2) is 11.5 Å². The average molecular weight is 326 g/mol. The van der Waals surface area contributed by atoms with Gasteiger partial charge in [0, 0.05) is 6.54 Å². The number of nitrogens with one attached hydrogen (secondary N) is 1. The summed E-state index contributed by atoms with van der Waals surface area (Å²) in [4.78, 5) is 22.5. The maximum absolute atomic E-state index is 11.8. The van der Waals surface area contributed by atoms with Crippen molar-refractivity contribution in [2.75, 3.05) is 19.8 Å². The Bertz CT molecular complexity index is 618. The smallest absolute Gasteiger partial charge is 0.307 e. The average Bonchev–Trinajstić information content (AvgIpc) is 3.28. The molecule has 2 atom stereocenters. The van der Waals surface area contributed by atoms with Gasteiger partial charge in [0.2, 0.25) is 5.91 Å². The SMILES string of the molecule is O=C(O)[C@H]1C[C@H]1C(=O)NCCc1cc(Cl)c2c(c1)OCCO2. The van der Waals surface area contributed by atoms with Crippen molar-refractivity contribution in [2.45, 2.75) is 12.8 Å². The number of fused-ring (bicyclic) bond motifs is 1. The highest BCUT2D eigenvalue weighted by molar-refractivity contribution is 6.32. The molecule has 22 heavy (non-hydrogen) atoms. The predicted octanol–water partition coefficient (Wildman–Crippen LogP) is 1.49. The molecule has 7 heteroatoms. The lowest BCUT2D eigenvalue weighted by molar-refractivity contribution is -0.140. The fourth-order valence-corrected chi connectivity index (χ4v) is 2.82. The van der Waals surface area contributed by atoms with Crippen LogP contribution in [0.15, 0.2) is 12.1 Å². The first-order valence-corrected chi connectivity index (χ1v) is 7.52. The summed E-state index contributed by atoms with van der Waals surface area (Å²) >= 11 is 6.15. The fraction of sp³-hybridized carbons (Fsp3) is 0.467. The van der Waals surface area contributed by atoms with Crippen LogP contribution in [0.5, 0.6) is 11.5 Å². The molecule has 1 aromatic rings. The number of halogens is 1. The van der Waals surface area contributed by atoms with E-state index in [-0.39, 0.29) is 11.8 Å². The molecule has 0 aromatic heterocycles. The normalized spacial score (nSPS) is 22.0. The number of carbonyl (C=O) groups is 2. The van der Waals surface area contributed by atoms with Gasteiger partial charge in [-0.1, -0.05) is 11.6 Å². The largest absolute Gasteiger partial charge is 0.486 e. The van der Waals surface area contributed by atoms with Crippen LogP contribution in [0.4, 0.5) is 0 Å². The Kier molecular flexibility index (Phi) is 4.11. The van der Waals surface area contributed by atoms with Crippen LogP contribution in [0.2, 0.25) is 5.02 Å². The molecule has 1 fully saturated rings. The molecule has 0 unspecified atom stereocenters. The Labute approximate surface area is 132 Å². The molecule has 6 nitrogen and oxygen atoms in total. The number of amides is 1. The van der Waals surface area contributed by atoms with Gasteiger partial charge in [-0.05, 0) is 30.5 Å². The topological polar surface area (TPSA) is 84.9 Å². The van der Waals surface area contributed by atoms with Gasteiger partial charge in [-0.3, -0.25) is 9.59 Å². The summed E-state index contributed by atoms with van der Waals surface area (Å²) in [5.74, 6) is -0.837. The summed E-state index contributed by atoms with van der Waals surface area (Å²) in [7, 11) is 0. The minimum absolute atomic E-state index is 0.198. The number of hydrogen-bond acceptors (Lipinski definition) is 4. The van der Waals surface area contributed by atoms with E-state index in [1.165, 1.54) is 0 Å². The van der Waals surface area contributed by atoms with Crippen molar-refractivity contribution in [2.24, 2.45) is 11.8 Å². The van der Waals surface area contributed by atoms with Crippen LogP contribution < -0.4 is 14.8 Å².